The Hall–Kier alpha value is -1.71. The lowest BCUT2D eigenvalue weighted by Crippen LogP contribution is -2.44. The molecule has 1 aromatic rings. The monoisotopic (exact) mass is 247 g/mol. The molecular formula is C14H21N3O. The van der Waals surface area contributed by atoms with E-state index in [-0.39, 0.29) is 6.03 Å². The molecule has 4 heteroatoms. The van der Waals surface area contributed by atoms with Gasteiger partial charge in [0.2, 0.25) is 0 Å². The van der Waals surface area contributed by atoms with Crippen molar-refractivity contribution in [2.24, 2.45) is 5.73 Å². The van der Waals surface area contributed by atoms with Gasteiger partial charge < -0.3 is 16.0 Å². The smallest absolute Gasteiger partial charge is 0.314 e. The number of primary amides is 1. The van der Waals surface area contributed by atoms with Crippen LogP contribution in [0, 0.1) is 13.8 Å². The summed E-state index contributed by atoms with van der Waals surface area (Å²) >= 11 is 0. The van der Waals surface area contributed by atoms with Crippen LogP contribution in [0.3, 0.4) is 0 Å². The van der Waals surface area contributed by atoms with E-state index in [2.05, 4.69) is 37.4 Å². The van der Waals surface area contributed by atoms with Gasteiger partial charge in [-0.3, -0.25) is 0 Å². The van der Waals surface area contributed by atoms with E-state index < -0.39 is 0 Å². The van der Waals surface area contributed by atoms with Crippen molar-refractivity contribution < 1.29 is 4.79 Å². The van der Waals surface area contributed by atoms with Crippen LogP contribution >= 0.6 is 0 Å². The highest BCUT2D eigenvalue weighted by molar-refractivity contribution is 5.72. The van der Waals surface area contributed by atoms with E-state index in [1.165, 1.54) is 16.8 Å². The number of carbonyl (C=O) groups is 1. The van der Waals surface area contributed by atoms with Gasteiger partial charge in [0.25, 0.3) is 0 Å². The molecule has 1 aliphatic rings. The second-order valence-electron chi connectivity index (χ2n) is 5.06. The van der Waals surface area contributed by atoms with Gasteiger partial charge in [-0.1, -0.05) is 17.7 Å². The maximum Gasteiger partial charge on any atom is 0.314 e. The molecule has 1 aliphatic heterocycles. The molecule has 3 N–H and O–H groups in total. The van der Waals surface area contributed by atoms with Gasteiger partial charge in [0.05, 0.1) is 0 Å². The first-order valence-corrected chi connectivity index (χ1v) is 6.44. The molecule has 0 aliphatic carbocycles. The minimum Gasteiger partial charge on any atom is -0.382 e. The molecule has 0 unspecified atom stereocenters. The fourth-order valence-corrected chi connectivity index (χ4v) is 2.44. The molecule has 0 aromatic heterocycles. The zero-order chi connectivity index (χ0) is 13.1. The SMILES string of the molecule is Cc1ccc(NC2CCN(C(N)=O)CC2)c(C)c1. The first kappa shape index (κ1) is 12.7. The normalized spacial score (nSPS) is 16.7. The van der Waals surface area contributed by atoms with E-state index in [0.717, 1.165) is 25.9 Å². The third-order valence-electron chi connectivity index (χ3n) is 3.55. The van der Waals surface area contributed by atoms with Crippen molar-refractivity contribution in [3.8, 4) is 0 Å². The van der Waals surface area contributed by atoms with Crippen molar-refractivity contribution in [3.05, 3.63) is 29.3 Å². The largest absolute Gasteiger partial charge is 0.382 e. The number of nitrogens with zero attached hydrogens (tertiary/aromatic N) is 1. The van der Waals surface area contributed by atoms with Crippen LogP contribution in [0.1, 0.15) is 24.0 Å². The van der Waals surface area contributed by atoms with Crippen molar-refractivity contribution in [2.45, 2.75) is 32.7 Å². The topological polar surface area (TPSA) is 58.4 Å². The number of aryl methyl sites for hydroxylation is 2. The quantitative estimate of drug-likeness (QED) is 0.842. The molecule has 0 atom stereocenters. The number of anilines is 1. The van der Waals surface area contributed by atoms with Crippen LogP contribution in [0.25, 0.3) is 0 Å². The zero-order valence-corrected chi connectivity index (χ0v) is 11.1. The van der Waals surface area contributed by atoms with Crippen LogP contribution < -0.4 is 11.1 Å². The van der Waals surface area contributed by atoms with Gasteiger partial charge in [-0.05, 0) is 38.3 Å². The second kappa shape index (κ2) is 5.29. The van der Waals surface area contributed by atoms with Crippen LogP contribution in [0.4, 0.5) is 10.5 Å². The molecule has 0 bridgehead atoms. The lowest BCUT2D eigenvalue weighted by Gasteiger charge is -2.32. The molecule has 4 nitrogen and oxygen atoms in total. The van der Waals surface area contributed by atoms with E-state index in [1.54, 1.807) is 4.90 Å². The minimum absolute atomic E-state index is 0.306. The molecule has 1 saturated heterocycles. The maximum atomic E-state index is 11.0. The molecule has 2 amide bonds. The fourth-order valence-electron chi connectivity index (χ4n) is 2.44. The number of piperidine rings is 1. The molecule has 2 rings (SSSR count). The Morgan fingerprint density at radius 3 is 2.56 bits per heavy atom. The summed E-state index contributed by atoms with van der Waals surface area (Å²) in [7, 11) is 0. The summed E-state index contributed by atoms with van der Waals surface area (Å²) in [6, 6.07) is 6.56. The molecule has 0 saturated carbocycles. The molecule has 1 aromatic carbocycles. The number of urea groups is 1. The first-order chi connectivity index (χ1) is 8.56. The highest BCUT2D eigenvalue weighted by atomic mass is 16.2. The van der Waals surface area contributed by atoms with Crippen LogP contribution in [-0.2, 0) is 0 Å². The number of rotatable bonds is 2. The Bertz CT molecular complexity index is 437. The van der Waals surface area contributed by atoms with Crippen molar-refractivity contribution in [3.63, 3.8) is 0 Å². The van der Waals surface area contributed by atoms with Crippen molar-refractivity contribution >= 4 is 11.7 Å². The van der Waals surface area contributed by atoms with Gasteiger partial charge in [0.15, 0.2) is 0 Å². The molecule has 1 heterocycles. The molecule has 0 radical (unpaired) electrons. The summed E-state index contributed by atoms with van der Waals surface area (Å²) in [4.78, 5) is 12.7. The van der Waals surface area contributed by atoms with E-state index in [1.807, 2.05) is 0 Å². The second-order valence-corrected chi connectivity index (χ2v) is 5.06. The molecule has 1 fully saturated rings. The number of nitrogens with one attached hydrogen (secondary N) is 1. The van der Waals surface area contributed by atoms with Gasteiger partial charge in [-0.2, -0.15) is 0 Å². The molecule has 98 valence electrons. The highest BCUT2D eigenvalue weighted by Crippen LogP contribution is 2.20. The Balaban J connectivity index is 1.93. The van der Waals surface area contributed by atoms with Crippen molar-refractivity contribution in [2.75, 3.05) is 18.4 Å². The maximum absolute atomic E-state index is 11.0. The minimum atomic E-state index is -0.306. The third kappa shape index (κ3) is 2.94. The number of benzene rings is 1. The lowest BCUT2D eigenvalue weighted by atomic mass is 10.0. The number of nitrogens with two attached hydrogens (primary N) is 1. The van der Waals surface area contributed by atoms with Crippen LogP contribution in [0.15, 0.2) is 18.2 Å². The summed E-state index contributed by atoms with van der Waals surface area (Å²) in [5.74, 6) is 0. The van der Waals surface area contributed by atoms with Crippen LogP contribution in [0.5, 0.6) is 0 Å². The number of hydrogen-bond acceptors (Lipinski definition) is 2. The Morgan fingerprint density at radius 2 is 2.00 bits per heavy atom. The van der Waals surface area contributed by atoms with E-state index in [4.69, 9.17) is 5.73 Å². The Labute approximate surface area is 108 Å². The van der Waals surface area contributed by atoms with Gasteiger partial charge in [-0.15, -0.1) is 0 Å². The summed E-state index contributed by atoms with van der Waals surface area (Å²) in [6.45, 7) is 5.71. The van der Waals surface area contributed by atoms with E-state index >= 15 is 0 Å². The van der Waals surface area contributed by atoms with Crippen LogP contribution in [0.2, 0.25) is 0 Å². The summed E-state index contributed by atoms with van der Waals surface area (Å²) in [5, 5.41) is 3.56. The van der Waals surface area contributed by atoms with E-state index in [9.17, 15) is 4.79 Å². The van der Waals surface area contributed by atoms with Crippen LogP contribution in [-0.4, -0.2) is 30.1 Å². The van der Waals surface area contributed by atoms with Gasteiger partial charge in [0, 0.05) is 24.8 Å². The number of amides is 2. The third-order valence-corrected chi connectivity index (χ3v) is 3.55. The average Bonchev–Trinajstić information content (AvgIpc) is 2.33. The Kier molecular flexibility index (Phi) is 3.75. The summed E-state index contributed by atoms with van der Waals surface area (Å²) in [6.07, 6.45) is 1.91. The predicted octanol–water partition coefficient (Wildman–Crippen LogP) is 2.26. The standard InChI is InChI=1S/C14H21N3O/c1-10-3-4-13(11(2)9-10)16-12-5-7-17(8-6-12)14(15)18/h3-4,9,12,16H,5-8H2,1-2H3,(H2,15,18). The molecule has 18 heavy (non-hydrogen) atoms. The lowest BCUT2D eigenvalue weighted by molar-refractivity contribution is 0.193. The first-order valence-electron chi connectivity index (χ1n) is 6.44. The zero-order valence-electron chi connectivity index (χ0n) is 11.1. The fraction of sp³-hybridized carbons (Fsp3) is 0.500. The predicted molar refractivity (Wildman–Crippen MR) is 73.7 cm³/mol. The summed E-state index contributed by atoms with van der Waals surface area (Å²) in [5.41, 5.74) is 9.02. The highest BCUT2D eigenvalue weighted by Gasteiger charge is 2.21. The van der Waals surface area contributed by atoms with Gasteiger partial charge in [0.1, 0.15) is 0 Å². The van der Waals surface area contributed by atoms with E-state index in [0.29, 0.717) is 6.04 Å². The van der Waals surface area contributed by atoms with Gasteiger partial charge in [-0.25, -0.2) is 4.79 Å². The average molecular weight is 247 g/mol. The van der Waals surface area contributed by atoms with Crippen molar-refractivity contribution in [1.82, 2.24) is 4.90 Å². The number of likely N-dealkylation sites (tertiary alicyclic amines) is 1. The molecular weight excluding hydrogens is 226 g/mol. The molecule has 0 spiro atoms. The number of hydrogen-bond donors (Lipinski definition) is 2. The Morgan fingerprint density at radius 1 is 1.33 bits per heavy atom. The summed E-state index contributed by atoms with van der Waals surface area (Å²) < 4.78 is 0. The van der Waals surface area contributed by atoms with Crippen molar-refractivity contribution in [1.29, 1.82) is 0 Å². The van der Waals surface area contributed by atoms with Gasteiger partial charge >= 0.3 is 6.03 Å². The number of carbonyl (C=O) groups excluding carboxylic acids is 1.